The fraction of sp³-hybridized carbons (Fsp3) is 0.900. The molecular formula is C10H22N2O2S. The quantitative estimate of drug-likeness (QED) is 0.588. The summed E-state index contributed by atoms with van der Waals surface area (Å²) >= 11 is 1.68. The van der Waals surface area contributed by atoms with Gasteiger partial charge in [-0.2, -0.15) is 11.8 Å². The van der Waals surface area contributed by atoms with Crippen LogP contribution >= 0.6 is 11.8 Å². The van der Waals surface area contributed by atoms with E-state index in [2.05, 4.69) is 5.32 Å². The van der Waals surface area contributed by atoms with E-state index in [1.54, 1.807) is 11.8 Å². The Morgan fingerprint density at radius 2 is 2.20 bits per heavy atom. The lowest BCUT2D eigenvalue weighted by molar-refractivity contribution is -0.122. The van der Waals surface area contributed by atoms with Gasteiger partial charge >= 0.3 is 0 Å². The van der Waals surface area contributed by atoms with Gasteiger partial charge in [-0.05, 0) is 18.4 Å². The molecule has 0 spiro atoms. The number of rotatable bonds is 7. The highest BCUT2D eigenvalue weighted by molar-refractivity contribution is 7.98. The van der Waals surface area contributed by atoms with Gasteiger partial charge in [0.05, 0.1) is 6.04 Å². The molecule has 1 atom stereocenters. The van der Waals surface area contributed by atoms with E-state index in [4.69, 9.17) is 10.8 Å². The van der Waals surface area contributed by atoms with Crippen molar-refractivity contribution in [2.24, 2.45) is 11.1 Å². The zero-order valence-electron chi connectivity index (χ0n) is 9.75. The number of nitrogens with two attached hydrogens (primary N) is 1. The van der Waals surface area contributed by atoms with Gasteiger partial charge in [0, 0.05) is 18.6 Å². The van der Waals surface area contributed by atoms with Crippen molar-refractivity contribution in [1.29, 1.82) is 0 Å². The summed E-state index contributed by atoms with van der Waals surface area (Å²) < 4.78 is 0. The maximum absolute atomic E-state index is 11.5. The minimum atomic E-state index is -0.438. The van der Waals surface area contributed by atoms with Crippen LogP contribution in [0.15, 0.2) is 0 Å². The summed E-state index contributed by atoms with van der Waals surface area (Å²) in [5.41, 5.74) is 5.40. The SMILES string of the molecule is CSCC[C@H](N)C(=O)NCC(C)(C)CO. The van der Waals surface area contributed by atoms with Crippen molar-refractivity contribution in [2.45, 2.75) is 26.3 Å². The predicted molar refractivity (Wildman–Crippen MR) is 64.9 cm³/mol. The molecule has 5 heteroatoms. The molecule has 1 amide bonds. The Bertz CT molecular complexity index is 198. The van der Waals surface area contributed by atoms with Gasteiger partial charge < -0.3 is 16.2 Å². The highest BCUT2D eigenvalue weighted by atomic mass is 32.2. The number of aliphatic hydroxyl groups excluding tert-OH is 1. The molecule has 0 saturated carbocycles. The molecule has 0 aromatic rings. The number of hydrogen-bond acceptors (Lipinski definition) is 4. The second-order valence-electron chi connectivity index (χ2n) is 4.43. The van der Waals surface area contributed by atoms with Crippen LogP contribution in [0.3, 0.4) is 0 Å². The van der Waals surface area contributed by atoms with Crippen LogP contribution in [0.5, 0.6) is 0 Å². The average Bonchev–Trinajstić information content (AvgIpc) is 2.22. The lowest BCUT2D eigenvalue weighted by atomic mass is 9.95. The van der Waals surface area contributed by atoms with Crippen molar-refractivity contribution in [3.8, 4) is 0 Å². The van der Waals surface area contributed by atoms with Crippen LogP contribution in [0.25, 0.3) is 0 Å². The van der Waals surface area contributed by atoms with Crippen molar-refractivity contribution < 1.29 is 9.90 Å². The predicted octanol–water partition coefficient (Wildman–Crippen LogP) is 0.202. The smallest absolute Gasteiger partial charge is 0.236 e. The van der Waals surface area contributed by atoms with E-state index in [0.717, 1.165) is 5.75 Å². The van der Waals surface area contributed by atoms with E-state index in [0.29, 0.717) is 13.0 Å². The summed E-state index contributed by atoms with van der Waals surface area (Å²) in [4.78, 5) is 11.5. The Morgan fingerprint density at radius 1 is 1.60 bits per heavy atom. The molecule has 0 heterocycles. The van der Waals surface area contributed by atoms with E-state index in [-0.39, 0.29) is 17.9 Å². The second-order valence-corrected chi connectivity index (χ2v) is 5.41. The van der Waals surface area contributed by atoms with Gasteiger partial charge in [-0.15, -0.1) is 0 Å². The minimum absolute atomic E-state index is 0.0489. The minimum Gasteiger partial charge on any atom is -0.396 e. The van der Waals surface area contributed by atoms with Crippen LogP contribution in [0.1, 0.15) is 20.3 Å². The first-order chi connectivity index (χ1) is 6.93. The van der Waals surface area contributed by atoms with Crippen LogP contribution in [0.2, 0.25) is 0 Å². The van der Waals surface area contributed by atoms with Crippen LogP contribution in [-0.4, -0.2) is 42.2 Å². The third-order valence-corrected chi connectivity index (χ3v) is 2.78. The fourth-order valence-electron chi connectivity index (χ4n) is 0.889. The van der Waals surface area contributed by atoms with Crippen molar-refractivity contribution in [3.05, 3.63) is 0 Å². The molecule has 0 rings (SSSR count). The summed E-state index contributed by atoms with van der Waals surface area (Å²) in [6, 6.07) is -0.438. The Balaban J connectivity index is 3.82. The zero-order chi connectivity index (χ0) is 11.9. The van der Waals surface area contributed by atoms with Crippen LogP contribution in [0, 0.1) is 5.41 Å². The zero-order valence-corrected chi connectivity index (χ0v) is 10.6. The van der Waals surface area contributed by atoms with E-state index in [1.807, 2.05) is 20.1 Å². The number of hydrogen-bond donors (Lipinski definition) is 3. The lowest BCUT2D eigenvalue weighted by Crippen LogP contribution is -2.45. The van der Waals surface area contributed by atoms with E-state index < -0.39 is 6.04 Å². The number of carbonyl (C=O) groups is 1. The Kier molecular flexibility index (Phi) is 6.96. The normalized spacial score (nSPS) is 13.7. The Hall–Kier alpha value is -0.260. The molecule has 0 unspecified atom stereocenters. The lowest BCUT2D eigenvalue weighted by Gasteiger charge is -2.23. The molecule has 0 aromatic heterocycles. The van der Waals surface area contributed by atoms with Crippen molar-refractivity contribution in [1.82, 2.24) is 5.32 Å². The van der Waals surface area contributed by atoms with Gasteiger partial charge in [-0.3, -0.25) is 4.79 Å². The van der Waals surface area contributed by atoms with E-state index in [1.165, 1.54) is 0 Å². The highest BCUT2D eigenvalue weighted by Crippen LogP contribution is 2.11. The van der Waals surface area contributed by atoms with Gasteiger partial charge in [-0.25, -0.2) is 0 Å². The number of nitrogens with one attached hydrogen (secondary N) is 1. The van der Waals surface area contributed by atoms with E-state index >= 15 is 0 Å². The summed E-state index contributed by atoms with van der Waals surface area (Å²) in [5.74, 6) is 0.753. The first kappa shape index (κ1) is 14.7. The molecule has 0 aromatic carbocycles. The molecular weight excluding hydrogens is 212 g/mol. The summed E-state index contributed by atoms with van der Waals surface area (Å²) in [6.45, 7) is 4.28. The molecule has 15 heavy (non-hydrogen) atoms. The van der Waals surface area contributed by atoms with Crippen molar-refractivity contribution in [3.63, 3.8) is 0 Å². The number of carbonyl (C=O) groups excluding carboxylic acids is 1. The van der Waals surface area contributed by atoms with Gasteiger partial charge in [0.2, 0.25) is 5.91 Å². The van der Waals surface area contributed by atoms with Crippen LogP contribution in [-0.2, 0) is 4.79 Å². The topological polar surface area (TPSA) is 75.4 Å². The average molecular weight is 234 g/mol. The second kappa shape index (κ2) is 7.09. The molecule has 4 nitrogen and oxygen atoms in total. The first-order valence-electron chi connectivity index (χ1n) is 5.06. The molecule has 4 N–H and O–H groups in total. The largest absolute Gasteiger partial charge is 0.396 e. The molecule has 0 aliphatic heterocycles. The first-order valence-corrected chi connectivity index (χ1v) is 6.45. The molecule has 0 fully saturated rings. The highest BCUT2D eigenvalue weighted by Gasteiger charge is 2.19. The summed E-state index contributed by atoms with van der Waals surface area (Å²) in [5, 5.41) is 11.8. The van der Waals surface area contributed by atoms with E-state index in [9.17, 15) is 4.79 Å². The van der Waals surface area contributed by atoms with Crippen LogP contribution < -0.4 is 11.1 Å². The van der Waals surface area contributed by atoms with Gasteiger partial charge in [0.1, 0.15) is 0 Å². The molecule has 90 valence electrons. The third kappa shape index (κ3) is 6.76. The summed E-state index contributed by atoms with van der Waals surface area (Å²) in [7, 11) is 0. The summed E-state index contributed by atoms with van der Waals surface area (Å²) in [6.07, 6.45) is 2.67. The number of thioether (sulfide) groups is 1. The Morgan fingerprint density at radius 3 is 2.67 bits per heavy atom. The van der Waals surface area contributed by atoms with Crippen LogP contribution in [0.4, 0.5) is 0 Å². The monoisotopic (exact) mass is 234 g/mol. The maximum atomic E-state index is 11.5. The van der Waals surface area contributed by atoms with Crippen molar-refractivity contribution in [2.75, 3.05) is 25.2 Å². The Labute approximate surface area is 96.0 Å². The molecule has 0 bridgehead atoms. The molecule has 0 saturated heterocycles. The molecule has 0 radical (unpaired) electrons. The number of aliphatic hydroxyl groups is 1. The van der Waals surface area contributed by atoms with Crippen molar-refractivity contribution >= 4 is 17.7 Å². The fourth-order valence-corrected chi connectivity index (χ4v) is 1.38. The molecule has 0 aliphatic rings. The van der Waals surface area contributed by atoms with Gasteiger partial charge in [0.15, 0.2) is 0 Å². The standard InChI is InChI=1S/C10H22N2O2S/c1-10(2,7-13)6-12-9(14)8(11)4-5-15-3/h8,13H,4-7,11H2,1-3H3,(H,12,14)/t8-/m0/s1. The van der Waals surface area contributed by atoms with Gasteiger partial charge in [0.25, 0.3) is 0 Å². The maximum Gasteiger partial charge on any atom is 0.236 e. The third-order valence-electron chi connectivity index (χ3n) is 2.14. The van der Waals surface area contributed by atoms with Gasteiger partial charge in [-0.1, -0.05) is 13.8 Å². The molecule has 0 aliphatic carbocycles. The number of amides is 1.